The predicted octanol–water partition coefficient (Wildman–Crippen LogP) is 2.80. The van der Waals surface area contributed by atoms with Gasteiger partial charge in [0.05, 0.1) is 0 Å². The minimum Gasteiger partial charge on any atom is -0.356 e. The summed E-state index contributed by atoms with van der Waals surface area (Å²) in [6.07, 6.45) is 5.17. The van der Waals surface area contributed by atoms with Gasteiger partial charge < -0.3 is 14.8 Å². The summed E-state index contributed by atoms with van der Waals surface area (Å²) in [5.74, 6) is 2.46. The van der Waals surface area contributed by atoms with Crippen molar-refractivity contribution in [2.24, 2.45) is 16.8 Å². The standard InChI is InChI=1S/C18H30N4O.HI/c1-15-12-16(2)14-22(13-15)18(19-3)20-9-5-7-11-21-10-6-4-8-17(21)23;/h4,6,8,10,15-16H,5,7,9,11-14H2,1-3H3,(H,19,20);1H. The van der Waals surface area contributed by atoms with E-state index in [4.69, 9.17) is 0 Å². The molecule has 2 atom stereocenters. The van der Waals surface area contributed by atoms with Gasteiger partial charge in [0.15, 0.2) is 5.96 Å². The molecule has 0 radical (unpaired) electrons. The Morgan fingerprint density at radius 1 is 1.25 bits per heavy atom. The topological polar surface area (TPSA) is 49.6 Å². The summed E-state index contributed by atoms with van der Waals surface area (Å²) in [5, 5.41) is 3.47. The molecule has 0 aliphatic carbocycles. The van der Waals surface area contributed by atoms with Crippen LogP contribution in [0, 0.1) is 11.8 Å². The molecule has 6 heteroatoms. The summed E-state index contributed by atoms with van der Waals surface area (Å²) < 4.78 is 1.77. The number of piperidine rings is 1. The summed E-state index contributed by atoms with van der Waals surface area (Å²) in [6, 6.07) is 5.30. The molecule has 2 unspecified atom stereocenters. The molecule has 0 amide bonds. The molecule has 1 aromatic rings. The fourth-order valence-corrected chi connectivity index (χ4v) is 3.42. The lowest BCUT2D eigenvalue weighted by atomic mass is 9.92. The quantitative estimate of drug-likeness (QED) is 0.328. The van der Waals surface area contributed by atoms with Gasteiger partial charge in [-0.3, -0.25) is 9.79 Å². The molecule has 0 bridgehead atoms. The van der Waals surface area contributed by atoms with Gasteiger partial charge in [-0.25, -0.2) is 0 Å². The second-order valence-corrected chi connectivity index (χ2v) is 6.76. The summed E-state index contributed by atoms with van der Waals surface area (Å²) >= 11 is 0. The van der Waals surface area contributed by atoms with Crippen LogP contribution in [0.15, 0.2) is 34.2 Å². The Hall–Kier alpha value is -1.05. The molecule has 2 rings (SSSR count). The summed E-state index contributed by atoms with van der Waals surface area (Å²) in [7, 11) is 1.86. The van der Waals surface area contributed by atoms with Crippen molar-refractivity contribution in [3.63, 3.8) is 0 Å². The second-order valence-electron chi connectivity index (χ2n) is 6.76. The molecule has 136 valence electrons. The van der Waals surface area contributed by atoms with Gasteiger partial charge in [0.1, 0.15) is 0 Å². The molecule has 5 nitrogen and oxygen atoms in total. The molecule has 1 saturated heterocycles. The lowest BCUT2D eigenvalue weighted by Gasteiger charge is -2.37. The number of halogens is 1. The van der Waals surface area contributed by atoms with E-state index in [1.54, 1.807) is 16.7 Å². The molecule has 1 fully saturated rings. The first-order valence-corrected chi connectivity index (χ1v) is 8.71. The van der Waals surface area contributed by atoms with Crippen LogP contribution in [0.2, 0.25) is 0 Å². The molecule has 24 heavy (non-hydrogen) atoms. The normalized spacial score (nSPS) is 21.3. The Morgan fingerprint density at radius 3 is 2.58 bits per heavy atom. The number of unbranched alkanes of at least 4 members (excludes halogenated alkanes) is 1. The van der Waals surface area contributed by atoms with Crippen molar-refractivity contribution in [3.05, 3.63) is 34.7 Å². The lowest BCUT2D eigenvalue weighted by Crippen LogP contribution is -2.48. The van der Waals surface area contributed by atoms with Crippen LogP contribution in [0.5, 0.6) is 0 Å². The third-order valence-corrected chi connectivity index (χ3v) is 4.39. The van der Waals surface area contributed by atoms with Gasteiger partial charge in [-0.15, -0.1) is 24.0 Å². The van der Waals surface area contributed by atoms with E-state index in [0.717, 1.165) is 56.8 Å². The number of aromatic nitrogens is 1. The monoisotopic (exact) mass is 446 g/mol. The largest absolute Gasteiger partial charge is 0.356 e. The van der Waals surface area contributed by atoms with Gasteiger partial charge in [0.25, 0.3) is 0 Å². The van der Waals surface area contributed by atoms with Crippen molar-refractivity contribution >= 4 is 29.9 Å². The average molecular weight is 446 g/mol. The highest BCUT2D eigenvalue weighted by atomic mass is 127. The lowest BCUT2D eigenvalue weighted by molar-refractivity contribution is 0.208. The Kier molecular flexibility index (Phi) is 9.39. The number of guanidine groups is 1. The maximum atomic E-state index is 11.6. The molecule has 1 N–H and O–H groups in total. The maximum Gasteiger partial charge on any atom is 0.250 e. The highest BCUT2D eigenvalue weighted by Gasteiger charge is 2.23. The van der Waals surface area contributed by atoms with Crippen molar-refractivity contribution in [3.8, 4) is 0 Å². The first kappa shape index (κ1) is 21.0. The van der Waals surface area contributed by atoms with Crippen molar-refractivity contribution in [1.29, 1.82) is 0 Å². The third kappa shape index (κ3) is 6.45. The third-order valence-electron chi connectivity index (χ3n) is 4.39. The predicted molar refractivity (Wildman–Crippen MR) is 111 cm³/mol. The number of aliphatic imine (C=N–C) groups is 1. The van der Waals surface area contributed by atoms with Gasteiger partial charge in [0.2, 0.25) is 5.56 Å². The molecule has 0 saturated carbocycles. The minimum absolute atomic E-state index is 0. The van der Waals surface area contributed by atoms with Gasteiger partial charge in [-0.1, -0.05) is 19.9 Å². The maximum absolute atomic E-state index is 11.6. The van der Waals surface area contributed by atoms with Gasteiger partial charge in [-0.2, -0.15) is 0 Å². The summed E-state index contributed by atoms with van der Waals surface area (Å²) in [4.78, 5) is 18.4. The summed E-state index contributed by atoms with van der Waals surface area (Å²) in [5.41, 5.74) is 0.0764. The van der Waals surface area contributed by atoms with E-state index >= 15 is 0 Å². The summed E-state index contributed by atoms with van der Waals surface area (Å²) in [6.45, 7) is 8.47. The fraction of sp³-hybridized carbons (Fsp3) is 0.667. The highest BCUT2D eigenvalue weighted by Crippen LogP contribution is 2.20. The number of nitrogens with zero attached hydrogens (tertiary/aromatic N) is 3. The molecule has 2 heterocycles. The van der Waals surface area contributed by atoms with Crippen LogP contribution >= 0.6 is 24.0 Å². The number of aryl methyl sites for hydroxylation is 1. The molecular weight excluding hydrogens is 415 g/mol. The van der Waals surface area contributed by atoms with Crippen molar-refractivity contribution < 1.29 is 0 Å². The average Bonchev–Trinajstić information content (AvgIpc) is 2.51. The van der Waals surface area contributed by atoms with Crippen molar-refractivity contribution in [2.75, 3.05) is 26.7 Å². The molecule has 0 spiro atoms. The van der Waals surface area contributed by atoms with Crippen LogP contribution in [0.4, 0.5) is 0 Å². The zero-order chi connectivity index (χ0) is 16.7. The number of likely N-dealkylation sites (tertiary alicyclic amines) is 1. The molecular formula is C18H31IN4O. The number of nitrogens with one attached hydrogen (secondary N) is 1. The first-order valence-electron chi connectivity index (χ1n) is 8.71. The highest BCUT2D eigenvalue weighted by molar-refractivity contribution is 14.0. The Bertz CT molecular complexity index is 562. The van der Waals surface area contributed by atoms with Crippen molar-refractivity contribution in [2.45, 2.75) is 39.7 Å². The zero-order valence-corrected chi connectivity index (χ0v) is 17.4. The Labute approximate surface area is 162 Å². The molecule has 0 aromatic carbocycles. The van der Waals surface area contributed by atoms with E-state index < -0.39 is 0 Å². The van der Waals surface area contributed by atoms with Gasteiger partial charge in [-0.05, 0) is 37.2 Å². The zero-order valence-electron chi connectivity index (χ0n) is 15.1. The second kappa shape index (κ2) is 10.7. The van der Waals surface area contributed by atoms with E-state index in [1.807, 2.05) is 19.3 Å². The number of hydrogen-bond donors (Lipinski definition) is 1. The van der Waals surface area contributed by atoms with E-state index in [9.17, 15) is 4.79 Å². The van der Waals surface area contributed by atoms with Crippen LogP contribution in [0.25, 0.3) is 0 Å². The smallest absolute Gasteiger partial charge is 0.250 e. The van der Waals surface area contributed by atoms with Crippen LogP contribution in [0.3, 0.4) is 0 Å². The van der Waals surface area contributed by atoms with Crippen LogP contribution in [-0.2, 0) is 6.54 Å². The SMILES string of the molecule is CN=C(NCCCCn1ccccc1=O)N1CC(C)CC(C)C1.I. The number of rotatable bonds is 5. The Morgan fingerprint density at radius 2 is 1.96 bits per heavy atom. The first-order chi connectivity index (χ1) is 11.1. The molecule has 1 aliphatic rings. The van der Waals surface area contributed by atoms with E-state index in [0.29, 0.717) is 0 Å². The van der Waals surface area contributed by atoms with Crippen LogP contribution < -0.4 is 10.9 Å². The van der Waals surface area contributed by atoms with Crippen LogP contribution in [0.1, 0.15) is 33.1 Å². The fourth-order valence-electron chi connectivity index (χ4n) is 3.42. The van der Waals surface area contributed by atoms with E-state index in [2.05, 4.69) is 29.1 Å². The molecule has 1 aliphatic heterocycles. The minimum atomic E-state index is 0. The van der Waals surface area contributed by atoms with Crippen molar-refractivity contribution in [1.82, 2.24) is 14.8 Å². The Balaban J connectivity index is 0.00000288. The van der Waals surface area contributed by atoms with Gasteiger partial charge in [0, 0.05) is 45.5 Å². The van der Waals surface area contributed by atoms with Crippen LogP contribution in [-0.4, -0.2) is 42.1 Å². The van der Waals surface area contributed by atoms with E-state index in [1.165, 1.54) is 6.42 Å². The number of pyridine rings is 1. The van der Waals surface area contributed by atoms with Gasteiger partial charge >= 0.3 is 0 Å². The molecule has 1 aromatic heterocycles. The van der Waals surface area contributed by atoms with E-state index in [-0.39, 0.29) is 29.5 Å². The number of hydrogen-bond acceptors (Lipinski definition) is 2.